The Morgan fingerprint density at radius 2 is 1.90 bits per heavy atom. The summed E-state index contributed by atoms with van der Waals surface area (Å²) < 4.78 is 5.40. The van der Waals surface area contributed by atoms with Crippen LogP contribution in [0, 0.1) is 11.8 Å². The van der Waals surface area contributed by atoms with Gasteiger partial charge in [-0.3, -0.25) is 4.79 Å². The van der Waals surface area contributed by atoms with Crippen molar-refractivity contribution in [1.82, 2.24) is 0 Å². The third-order valence-electron chi connectivity index (χ3n) is 3.59. The van der Waals surface area contributed by atoms with E-state index in [1.807, 2.05) is 0 Å². The molecule has 1 aromatic rings. The molecule has 0 radical (unpaired) electrons. The fourth-order valence-electron chi connectivity index (χ4n) is 2.71. The fourth-order valence-corrected chi connectivity index (χ4v) is 2.71. The molecule has 1 saturated heterocycles. The average Bonchev–Trinajstić information content (AvgIpc) is 2.98. The summed E-state index contributed by atoms with van der Waals surface area (Å²) in [5.41, 5.74) is 0.402. The number of nitrogens with one attached hydrogen (secondary N) is 1. The zero-order valence-corrected chi connectivity index (χ0v) is 10.4. The lowest BCUT2D eigenvalue weighted by Crippen LogP contribution is -2.45. The SMILES string of the molecule is O=C([O-])[C@@H]1[C@@H](C(=O)Nc2cccc(O)c2)[C@H]2C=C[C@@H]1O2. The van der Waals surface area contributed by atoms with Gasteiger partial charge in [0.1, 0.15) is 5.75 Å². The Labute approximate surface area is 114 Å². The van der Waals surface area contributed by atoms with Gasteiger partial charge in [0, 0.05) is 23.6 Å². The van der Waals surface area contributed by atoms with Crippen molar-refractivity contribution < 1.29 is 24.5 Å². The molecule has 2 N–H and O–H groups in total. The molecule has 6 nitrogen and oxygen atoms in total. The van der Waals surface area contributed by atoms with Crippen LogP contribution in [-0.4, -0.2) is 29.2 Å². The van der Waals surface area contributed by atoms with E-state index in [0.717, 1.165) is 0 Å². The molecule has 6 heteroatoms. The summed E-state index contributed by atoms with van der Waals surface area (Å²) in [6.07, 6.45) is 2.19. The van der Waals surface area contributed by atoms with E-state index in [1.54, 1.807) is 24.3 Å². The first-order chi connectivity index (χ1) is 9.56. The van der Waals surface area contributed by atoms with Gasteiger partial charge in [0.15, 0.2) is 0 Å². The Morgan fingerprint density at radius 1 is 1.20 bits per heavy atom. The summed E-state index contributed by atoms with van der Waals surface area (Å²) in [5, 5.41) is 23.1. The molecule has 3 rings (SSSR count). The number of hydrogen-bond acceptors (Lipinski definition) is 5. The van der Waals surface area contributed by atoms with E-state index in [4.69, 9.17) is 4.74 Å². The largest absolute Gasteiger partial charge is 0.550 e. The van der Waals surface area contributed by atoms with Gasteiger partial charge in [-0.2, -0.15) is 0 Å². The number of carboxylic acids is 1. The molecule has 1 aromatic carbocycles. The van der Waals surface area contributed by atoms with Gasteiger partial charge in [0.25, 0.3) is 0 Å². The minimum Gasteiger partial charge on any atom is -0.550 e. The number of phenolic OH excluding ortho intramolecular Hbond substituents is 1. The predicted octanol–water partition coefficient (Wildman–Crippen LogP) is -0.350. The number of aromatic hydroxyl groups is 1. The summed E-state index contributed by atoms with van der Waals surface area (Å²) in [7, 11) is 0. The number of aliphatic carboxylic acids is 1. The first kappa shape index (κ1) is 12.7. The van der Waals surface area contributed by atoms with Crippen molar-refractivity contribution in [3.05, 3.63) is 36.4 Å². The van der Waals surface area contributed by atoms with Gasteiger partial charge in [0.05, 0.1) is 18.1 Å². The highest BCUT2D eigenvalue weighted by atomic mass is 16.5. The number of ether oxygens (including phenoxy) is 1. The normalized spacial score (nSPS) is 30.4. The monoisotopic (exact) mass is 274 g/mol. The van der Waals surface area contributed by atoms with Crippen LogP contribution in [0.1, 0.15) is 0 Å². The first-order valence-corrected chi connectivity index (χ1v) is 6.21. The number of fused-ring (bicyclic) bond motifs is 2. The van der Waals surface area contributed by atoms with Crippen molar-refractivity contribution in [3.63, 3.8) is 0 Å². The summed E-state index contributed by atoms with van der Waals surface area (Å²) in [6.45, 7) is 0. The van der Waals surface area contributed by atoms with Crippen LogP contribution >= 0.6 is 0 Å². The molecule has 0 aliphatic carbocycles. The van der Waals surface area contributed by atoms with Crippen LogP contribution in [0.15, 0.2) is 36.4 Å². The smallest absolute Gasteiger partial charge is 0.231 e. The Kier molecular flexibility index (Phi) is 2.94. The van der Waals surface area contributed by atoms with Gasteiger partial charge < -0.3 is 25.1 Å². The maximum atomic E-state index is 12.2. The molecule has 0 saturated carbocycles. The first-order valence-electron chi connectivity index (χ1n) is 6.21. The Hall–Kier alpha value is -2.34. The number of amides is 1. The molecule has 1 amide bonds. The molecule has 4 atom stereocenters. The number of carbonyl (C=O) groups is 2. The van der Waals surface area contributed by atoms with Crippen LogP contribution < -0.4 is 10.4 Å². The van der Waals surface area contributed by atoms with Crippen LogP contribution in [0.5, 0.6) is 5.75 Å². The van der Waals surface area contributed by atoms with Crippen molar-refractivity contribution in [2.45, 2.75) is 12.2 Å². The van der Waals surface area contributed by atoms with E-state index in [2.05, 4.69) is 5.32 Å². The fraction of sp³-hybridized carbons (Fsp3) is 0.286. The lowest BCUT2D eigenvalue weighted by atomic mass is 9.82. The molecule has 0 spiro atoms. The number of benzene rings is 1. The van der Waals surface area contributed by atoms with E-state index in [9.17, 15) is 19.8 Å². The Balaban J connectivity index is 1.80. The van der Waals surface area contributed by atoms with Crippen LogP contribution in [-0.2, 0) is 14.3 Å². The summed E-state index contributed by atoms with van der Waals surface area (Å²) in [5.74, 6) is -3.54. The third-order valence-corrected chi connectivity index (χ3v) is 3.59. The molecule has 2 bridgehead atoms. The van der Waals surface area contributed by atoms with Crippen molar-refractivity contribution in [1.29, 1.82) is 0 Å². The number of rotatable bonds is 3. The second kappa shape index (κ2) is 4.64. The van der Waals surface area contributed by atoms with E-state index in [-0.39, 0.29) is 5.75 Å². The number of carboxylic acid groups (broad SMARTS) is 1. The molecule has 104 valence electrons. The summed E-state index contributed by atoms with van der Waals surface area (Å²) in [6, 6.07) is 6.05. The number of phenols is 1. The third kappa shape index (κ3) is 2.04. The average molecular weight is 274 g/mol. The van der Waals surface area contributed by atoms with Gasteiger partial charge in [-0.15, -0.1) is 0 Å². The van der Waals surface area contributed by atoms with Crippen LogP contribution in [0.2, 0.25) is 0 Å². The molecule has 0 unspecified atom stereocenters. The minimum atomic E-state index is -1.29. The molecule has 2 aliphatic rings. The number of hydrogen-bond donors (Lipinski definition) is 2. The lowest BCUT2D eigenvalue weighted by molar-refractivity contribution is -0.313. The van der Waals surface area contributed by atoms with Crippen molar-refractivity contribution in [2.75, 3.05) is 5.32 Å². The Bertz CT molecular complexity index is 597. The standard InChI is InChI=1S/C14H13NO5/c16-8-3-1-2-7(6-8)15-13(17)11-9-4-5-10(20-9)12(11)14(18)19/h1-6,9-12,16H,(H,15,17)(H,18,19)/p-1/t9-,10+,11+,12+/m1/s1. The van der Waals surface area contributed by atoms with Crippen LogP contribution in [0.25, 0.3) is 0 Å². The van der Waals surface area contributed by atoms with Gasteiger partial charge >= 0.3 is 0 Å². The second-order valence-electron chi connectivity index (χ2n) is 4.86. The summed E-state index contributed by atoms with van der Waals surface area (Å²) >= 11 is 0. The van der Waals surface area contributed by atoms with Gasteiger partial charge in [-0.05, 0) is 12.1 Å². The molecule has 1 fully saturated rings. The van der Waals surface area contributed by atoms with Crippen molar-refractivity contribution in [3.8, 4) is 5.75 Å². The van der Waals surface area contributed by atoms with Crippen LogP contribution in [0.4, 0.5) is 5.69 Å². The molecular formula is C14H12NO5-. The lowest BCUT2D eigenvalue weighted by Gasteiger charge is -2.24. The quantitative estimate of drug-likeness (QED) is 0.734. The maximum absolute atomic E-state index is 12.2. The predicted molar refractivity (Wildman–Crippen MR) is 66.5 cm³/mol. The zero-order valence-electron chi connectivity index (χ0n) is 10.4. The number of carbonyl (C=O) groups excluding carboxylic acids is 2. The van der Waals surface area contributed by atoms with Crippen LogP contribution in [0.3, 0.4) is 0 Å². The van der Waals surface area contributed by atoms with E-state index in [1.165, 1.54) is 12.1 Å². The van der Waals surface area contributed by atoms with Gasteiger partial charge in [-0.1, -0.05) is 18.2 Å². The molecule has 2 aliphatic heterocycles. The molecular weight excluding hydrogens is 262 g/mol. The molecule has 2 heterocycles. The highest BCUT2D eigenvalue weighted by molar-refractivity contribution is 5.96. The highest BCUT2D eigenvalue weighted by Gasteiger charge is 2.50. The van der Waals surface area contributed by atoms with E-state index < -0.39 is 35.9 Å². The maximum Gasteiger partial charge on any atom is 0.231 e. The van der Waals surface area contributed by atoms with Crippen molar-refractivity contribution in [2.24, 2.45) is 11.8 Å². The molecule has 0 aromatic heterocycles. The van der Waals surface area contributed by atoms with Gasteiger partial charge in [0.2, 0.25) is 5.91 Å². The number of anilines is 1. The zero-order chi connectivity index (χ0) is 14.3. The van der Waals surface area contributed by atoms with E-state index >= 15 is 0 Å². The Morgan fingerprint density at radius 3 is 2.55 bits per heavy atom. The summed E-state index contributed by atoms with van der Waals surface area (Å²) in [4.78, 5) is 23.4. The minimum absolute atomic E-state index is 0.0170. The second-order valence-corrected chi connectivity index (χ2v) is 4.86. The topological polar surface area (TPSA) is 98.7 Å². The van der Waals surface area contributed by atoms with Gasteiger partial charge in [-0.25, -0.2) is 0 Å². The van der Waals surface area contributed by atoms with E-state index in [0.29, 0.717) is 5.69 Å². The highest BCUT2D eigenvalue weighted by Crippen LogP contribution is 2.39. The molecule has 20 heavy (non-hydrogen) atoms. The van der Waals surface area contributed by atoms with Crippen molar-refractivity contribution >= 4 is 17.6 Å².